The van der Waals surface area contributed by atoms with Crippen molar-refractivity contribution in [2.75, 3.05) is 23.0 Å². The van der Waals surface area contributed by atoms with E-state index in [-0.39, 0.29) is 6.04 Å². The molecule has 1 aliphatic heterocycles. The molecule has 1 saturated heterocycles. The van der Waals surface area contributed by atoms with E-state index in [1.54, 1.807) is 0 Å². The van der Waals surface area contributed by atoms with Gasteiger partial charge in [0.25, 0.3) is 0 Å². The predicted octanol–water partition coefficient (Wildman–Crippen LogP) is 3.04. The Bertz CT molecular complexity index is 367. The summed E-state index contributed by atoms with van der Waals surface area (Å²) in [7, 11) is 0. The second-order valence-corrected chi connectivity index (χ2v) is 5.84. The average Bonchev–Trinajstić information content (AvgIpc) is 2.38. The molecule has 0 radical (unpaired) electrons. The van der Waals surface area contributed by atoms with E-state index in [1.165, 1.54) is 22.8 Å². The van der Waals surface area contributed by atoms with Gasteiger partial charge in [-0.2, -0.15) is 11.8 Å². The van der Waals surface area contributed by atoms with Gasteiger partial charge < -0.3 is 10.6 Å². The molecule has 2 rings (SSSR count). The van der Waals surface area contributed by atoms with E-state index in [9.17, 15) is 0 Å². The molecule has 0 saturated carbocycles. The fourth-order valence-corrected chi connectivity index (χ4v) is 3.38. The van der Waals surface area contributed by atoms with Crippen LogP contribution < -0.4 is 10.6 Å². The topological polar surface area (TPSA) is 29.3 Å². The molecule has 2 atom stereocenters. The zero-order chi connectivity index (χ0) is 12.3. The van der Waals surface area contributed by atoms with Gasteiger partial charge in [-0.05, 0) is 25.0 Å². The molecule has 1 heterocycles. The van der Waals surface area contributed by atoms with Crippen molar-refractivity contribution in [3.05, 3.63) is 29.8 Å². The van der Waals surface area contributed by atoms with Gasteiger partial charge in [0.15, 0.2) is 0 Å². The van der Waals surface area contributed by atoms with Gasteiger partial charge in [0.2, 0.25) is 0 Å². The third-order valence-corrected chi connectivity index (χ3v) is 4.64. The van der Waals surface area contributed by atoms with Gasteiger partial charge in [-0.1, -0.05) is 25.1 Å². The highest BCUT2D eigenvalue weighted by molar-refractivity contribution is 7.99. The van der Waals surface area contributed by atoms with Crippen LogP contribution in [0.2, 0.25) is 0 Å². The van der Waals surface area contributed by atoms with Crippen LogP contribution in [0.5, 0.6) is 0 Å². The van der Waals surface area contributed by atoms with E-state index in [0.29, 0.717) is 6.04 Å². The molecule has 1 aromatic carbocycles. The van der Waals surface area contributed by atoms with Crippen LogP contribution in [0.15, 0.2) is 24.3 Å². The molecule has 2 nitrogen and oxygen atoms in total. The first-order chi connectivity index (χ1) is 8.24. The van der Waals surface area contributed by atoms with Crippen LogP contribution in [-0.4, -0.2) is 24.1 Å². The van der Waals surface area contributed by atoms with Gasteiger partial charge in [-0.15, -0.1) is 0 Å². The van der Waals surface area contributed by atoms with Crippen LogP contribution in [-0.2, 0) is 0 Å². The lowest BCUT2D eigenvalue weighted by Gasteiger charge is -2.37. The smallest absolute Gasteiger partial charge is 0.0417 e. The Morgan fingerprint density at radius 3 is 2.94 bits per heavy atom. The van der Waals surface area contributed by atoms with Gasteiger partial charge in [0, 0.05) is 35.8 Å². The van der Waals surface area contributed by atoms with Crippen LogP contribution in [0.3, 0.4) is 0 Å². The maximum atomic E-state index is 6.22. The quantitative estimate of drug-likeness (QED) is 0.894. The lowest BCUT2D eigenvalue weighted by atomic mass is 10.0. The highest BCUT2D eigenvalue weighted by Gasteiger charge is 2.22. The third-order valence-electron chi connectivity index (χ3n) is 3.45. The number of nitrogens with two attached hydrogens (primary N) is 1. The Labute approximate surface area is 109 Å². The summed E-state index contributed by atoms with van der Waals surface area (Å²) >= 11 is 2.05. The van der Waals surface area contributed by atoms with Crippen LogP contribution in [0, 0.1) is 0 Å². The fraction of sp³-hybridized carbons (Fsp3) is 0.571. The largest absolute Gasteiger partial charge is 0.367 e. The minimum Gasteiger partial charge on any atom is -0.367 e. The summed E-state index contributed by atoms with van der Waals surface area (Å²) in [6.07, 6.45) is 0.994. The van der Waals surface area contributed by atoms with Crippen LogP contribution >= 0.6 is 11.8 Å². The molecule has 1 unspecified atom stereocenters. The van der Waals surface area contributed by atoms with E-state index in [1.807, 2.05) is 11.8 Å². The van der Waals surface area contributed by atoms with Crippen molar-refractivity contribution < 1.29 is 0 Å². The van der Waals surface area contributed by atoms with Crippen molar-refractivity contribution >= 4 is 17.4 Å². The van der Waals surface area contributed by atoms with Gasteiger partial charge in [-0.25, -0.2) is 0 Å². The number of hydrogen-bond acceptors (Lipinski definition) is 3. The first-order valence-electron chi connectivity index (χ1n) is 6.43. The summed E-state index contributed by atoms with van der Waals surface area (Å²) in [5.41, 5.74) is 8.86. The van der Waals surface area contributed by atoms with E-state index >= 15 is 0 Å². The standard InChI is InChI=1S/C14H22N2S/c1-3-13(15)12-6-4-5-7-14(12)16-8-9-17-10-11(16)2/h4-7,11,13H,3,8-10,15H2,1-2H3/t11?,13-/m1/s1. The number of rotatable bonds is 3. The molecule has 17 heavy (non-hydrogen) atoms. The van der Waals surface area contributed by atoms with Crippen molar-refractivity contribution in [2.24, 2.45) is 5.73 Å². The molecule has 0 aliphatic carbocycles. The minimum atomic E-state index is 0.160. The molecular weight excluding hydrogens is 228 g/mol. The lowest BCUT2D eigenvalue weighted by molar-refractivity contribution is 0.664. The second-order valence-electron chi connectivity index (χ2n) is 4.69. The summed E-state index contributed by atoms with van der Waals surface area (Å²) < 4.78 is 0. The van der Waals surface area contributed by atoms with Gasteiger partial charge in [-0.3, -0.25) is 0 Å². The van der Waals surface area contributed by atoms with Gasteiger partial charge in [0.1, 0.15) is 0 Å². The lowest BCUT2D eigenvalue weighted by Crippen LogP contribution is -2.41. The molecular formula is C14H22N2S. The maximum absolute atomic E-state index is 6.22. The molecule has 1 aromatic rings. The maximum Gasteiger partial charge on any atom is 0.0417 e. The minimum absolute atomic E-state index is 0.160. The highest BCUT2D eigenvalue weighted by atomic mass is 32.2. The molecule has 0 spiro atoms. The van der Waals surface area contributed by atoms with Crippen molar-refractivity contribution in [3.63, 3.8) is 0 Å². The number of nitrogens with zero attached hydrogens (tertiary/aromatic N) is 1. The molecule has 0 amide bonds. The first-order valence-corrected chi connectivity index (χ1v) is 7.58. The summed E-state index contributed by atoms with van der Waals surface area (Å²) in [6.45, 7) is 5.59. The van der Waals surface area contributed by atoms with E-state index < -0.39 is 0 Å². The van der Waals surface area contributed by atoms with Crippen LogP contribution in [0.1, 0.15) is 31.9 Å². The van der Waals surface area contributed by atoms with Crippen molar-refractivity contribution in [1.82, 2.24) is 0 Å². The Morgan fingerprint density at radius 1 is 1.47 bits per heavy atom. The second kappa shape index (κ2) is 5.78. The fourth-order valence-electron chi connectivity index (χ4n) is 2.37. The monoisotopic (exact) mass is 250 g/mol. The summed E-state index contributed by atoms with van der Waals surface area (Å²) in [5, 5.41) is 0. The number of hydrogen-bond donors (Lipinski definition) is 1. The van der Waals surface area contributed by atoms with Crippen molar-refractivity contribution in [1.29, 1.82) is 0 Å². The number of para-hydroxylation sites is 1. The Kier molecular flexibility index (Phi) is 4.35. The number of benzene rings is 1. The van der Waals surface area contributed by atoms with Gasteiger partial charge in [0.05, 0.1) is 0 Å². The molecule has 2 N–H and O–H groups in total. The first kappa shape index (κ1) is 12.8. The van der Waals surface area contributed by atoms with E-state index in [4.69, 9.17) is 5.73 Å². The van der Waals surface area contributed by atoms with Crippen molar-refractivity contribution in [2.45, 2.75) is 32.4 Å². The summed E-state index contributed by atoms with van der Waals surface area (Å²) in [4.78, 5) is 2.52. The normalized spacial score (nSPS) is 22.5. The zero-order valence-corrected chi connectivity index (χ0v) is 11.5. The summed E-state index contributed by atoms with van der Waals surface area (Å²) in [5.74, 6) is 2.44. The molecule has 94 valence electrons. The molecule has 0 aromatic heterocycles. The number of thioether (sulfide) groups is 1. The number of anilines is 1. The Morgan fingerprint density at radius 2 is 2.24 bits per heavy atom. The average molecular weight is 250 g/mol. The van der Waals surface area contributed by atoms with E-state index in [0.717, 1.165) is 13.0 Å². The van der Waals surface area contributed by atoms with E-state index in [2.05, 4.69) is 43.0 Å². The predicted molar refractivity (Wildman–Crippen MR) is 77.8 cm³/mol. The Balaban J connectivity index is 2.30. The SMILES string of the molecule is CC[C@@H](N)c1ccccc1N1CCSCC1C. The third kappa shape index (κ3) is 2.78. The van der Waals surface area contributed by atoms with Gasteiger partial charge >= 0.3 is 0 Å². The zero-order valence-electron chi connectivity index (χ0n) is 10.7. The van der Waals surface area contributed by atoms with Crippen LogP contribution in [0.4, 0.5) is 5.69 Å². The Hall–Kier alpha value is -0.670. The molecule has 1 fully saturated rings. The highest BCUT2D eigenvalue weighted by Crippen LogP contribution is 2.30. The summed E-state index contributed by atoms with van der Waals surface area (Å²) in [6, 6.07) is 9.38. The molecule has 1 aliphatic rings. The van der Waals surface area contributed by atoms with Crippen LogP contribution in [0.25, 0.3) is 0 Å². The molecule has 3 heteroatoms. The molecule has 0 bridgehead atoms. The van der Waals surface area contributed by atoms with Crippen molar-refractivity contribution in [3.8, 4) is 0 Å².